The van der Waals surface area contributed by atoms with E-state index in [1.807, 2.05) is 40.3 Å². The van der Waals surface area contributed by atoms with Crippen molar-refractivity contribution in [1.29, 1.82) is 0 Å². The lowest BCUT2D eigenvalue weighted by Crippen LogP contribution is -2.43. The van der Waals surface area contributed by atoms with Crippen LogP contribution in [0.25, 0.3) is 0 Å². The first-order valence-corrected chi connectivity index (χ1v) is 6.64. The molecule has 2 heterocycles. The van der Waals surface area contributed by atoms with E-state index in [0.29, 0.717) is 25.7 Å². The second-order valence-corrected chi connectivity index (χ2v) is 5.17. The van der Waals surface area contributed by atoms with Crippen molar-refractivity contribution >= 4 is 5.97 Å². The summed E-state index contributed by atoms with van der Waals surface area (Å²) in [5, 5.41) is 11.1. The zero-order chi connectivity index (χ0) is 13.2. The van der Waals surface area contributed by atoms with E-state index in [1.54, 1.807) is 0 Å². The summed E-state index contributed by atoms with van der Waals surface area (Å²) < 4.78 is 0. The fourth-order valence-electron chi connectivity index (χ4n) is 2.87. The molecule has 102 valence electrons. The Kier molecular flexibility index (Phi) is 3.50. The van der Waals surface area contributed by atoms with E-state index in [0.717, 1.165) is 18.5 Å². The second kappa shape index (κ2) is 5.28. The van der Waals surface area contributed by atoms with Crippen LogP contribution in [0.5, 0.6) is 0 Å². The minimum Gasteiger partial charge on any atom is -0.480 e. The standard InChI is InChI=1S/C14H18N2O3/c17-14(18)13-7-6-12-8-15(13)10-16(12)19-9-11-4-2-1-3-5-11/h1-5,12-13H,6-10H2,(H,17,18)/t12-,13+/m1/s1. The lowest BCUT2D eigenvalue weighted by Gasteiger charge is -2.27. The average molecular weight is 262 g/mol. The average Bonchev–Trinajstić information content (AvgIpc) is 2.74. The van der Waals surface area contributed by atoms with E-state index in [-0.39, 0.29) is 6.04 Å². The molecule has 0 aliphatic carbocycles. The Morgan fingerprint density at radius 3 is 2.84 bits per heavy atom. The van der Waals surface area contributed by atoms with Crippen molar-refractivity contribution in [3.8, 4) is 0 Å². The van der Waals surface area contributed by atoms with Crippen molar-refractivity contribution in [1.82, 2.24) is 9.96 Å². The molecule has 2 fully saturated rings. The first-order chi connectivity index (χ1) is 9.24. The van der Waals surface area contributed by atoms with E-state index < -0.39 is 5.97 Å². The van der Waals surface area contributed by atoms with Crippen LogP contribution in [0.1, 0.15) is 18.4 Å². The maximum absolute atomic E-state index is 11.1. The summed E-state index contributed by atoms with van der Waals surface area (Å²) in [5.41, 5.74) is 1.13. The number of carboxylic acids is 1. The highest BCUT2D eigenvalue weighted by atomic mass is 16.7. The van der Waals surface area contributed by atoms with Gasteiger partial charge in [-0.15, -0.1) is 0 Å². The number of carboxylic acid groups (broad SMARTS) is 1. The molecule has 2 aliphatic rings. The molecule has 0 spiro atoms. The van der Waals surface area contributed by atoms with Gasteiger partial charge in [-0.1, -0.05) is 30.3 Å². The van der Waals surface area contributed by atoms with E-state index in [9.17, 15) is 4.79 Å². The number of nitrogens with zero attached hydrogens (tertiary/aromatic N) is 2. The van der Waals surface area contributed by atoms with Gasteiger partial charge in [0.2, 0.25) is 0 Å². The minimum absolute atomic E-state index is 0.333. The summed E-state index contributed by atoms with van der Waals surface area (Å²) >= 11 is 0. The van der Waals surface area contributed by atoms with Crippen LogP contribution in [0.4, 0.5) is 0 Å². The molecule has 2 bridgehead atoms. The molecule has 5 nitrogen and oxygen atoms in total. The number of piperidine rings is 1. The normalized spacial score (nSPS) is 30.4. The molecule has 19 heavy (non-hydrogen) atoms. The molecule has 0 aromatic heterocycles. The Hall–Kier alpha value is -1.43. The zero-order valence-corrected chi connectivity index (χ0v) is 10.7. The van der Waals surface area contributed by atoms with Crippen LogP contribution in [-0.4, -0.2) is 46.3 Å². The highest BCUT2D eigenvalue weighted by Gasteiger charge is 2.42. The number of fused-ring (bicyclic) bond motifs is 2. The molecule has 3 atom stereocenters. The van der Waals surface area contributed by atoms with Gasteiger partial charge in [-0.2, -0.15) is 5.06 Å². The predicted molar refractivity (Wildman–Crippen MR) is 69.1 cm³/mol. The molecule has 2 saturated heterocycles. The third-order valence-electron chi connectivity index (χ3n) is 3.91. The molecule has 0 radical (unpaired) electrons. The van der Waals surface area contributed by atoms with Crippen LogP contribution < -0.4 is 0 Å². The highest BCUT2D eigenvalue weighted by molar-refractivity contribution is 5.73. The van der Waals surface area contributed by atoms with Gasteiger partial charge in [0, 0.05) is 12.6 Å². The quantitative estimate of drug-likeness (QED) is 0.886. The molecule has 0 amide bonds. The zero-order valence-electron chi connectivity index (χ0n) is 10.7. The van der Waals surface area contributed by atoms with Gasteiger partial charge in [0.25, 0.3) is 0 Å². The fraction of sp³-hybridized carbons (Fsp3) is 0.500. The summed E-state index contributed by atoms with van der Waals surface area (Å²) in [6.45, 7) is 1.93. The van der Waals surface area contributed by atoms with Crippen LogP contribution >= 0.6 is 0 Å². The maximum Gasteiger partial charge on any atom is 0.320 e. The number of hydrogen-bond donors (Lipinski definition) is 1. The summed E-state index contributed by atoms with van der Waals surface area (Å²) in [6, 6.07) is 10.0. The van der Waals surface area contributed by atoms with Crippen LogP contribution in [0.15, 0.2) is 30.3 Å². The third kappa shape index (κ3) is 2.63. The van der Waals surface area contributed by atoms with E-state index >= 15 is 0 Å². The van der Waals surface area contributed by atoms with E-state index in [4.69, 9.17) is 9.94 Å². The predicted octanol–water partition coefficient (Wildman–Crippen LogP) is 1.31. The number of hydroxylamine groups is 2. The minimum atomic E-state index is -0.719. The van der Waals surface area contributed by atoms with Gasteiger partial charge >= 0.3 is 5.97 Å². The van der Waals surface area contributed by atoms with Gasteiger partial charge in [0.05, 0.1) is 13.3 Å². The molecule has 0 saturated carbocycles. The van der Waals surface area contributed by atoms with Crippen LogP contribution in [0.3, 0.4) is 0 Å². The fourth-order valence-corrected chi connectivity index (χ4v) is 2.87. The van der Waals surface area contributed by atoms with Crippen molar-refractivity contribution < 1.29 is 14.7 Å². The first-order valence-electron chi connectivity index (χ1n) is 6.64. The van der Waals surface area contributed by atoms with Gasteiger partial charge in [0.1, 0.15) is 6.04 Å². The Morgan fingerprint density at radius 2 is 2.11 bits per heavy atom. The van der Waals surface area contributed by atoms with Crippen molar-refractivity contribution in [3.05, 3.63) is 35.9 Å². The molecule has 1 aromatic rings. The van der Waals surface area contributed by atoms with Crippen LogP contribution in [-0.2, 0) is 16.2 Å². The number of carbonyl (C=O) groups is 1. The van der Waals surface area contributed by atoms with Crippen molar-refractivity contribution in [2.45, 2.75) is 31.5 Å². The van der Waals surface area contributed by atoms with Gasteiger partial charge in [-0.3, -0.25) is 14.5 Å². The number of benzene rings is 1. The summed E-state index contributed by atoms with van der Waals surface area (Å²) in [6.07, 6.45) is 1.60. The maximum atomic E-state index is 11.1. The van der Waals surface area contributed by atoms with Crippen LogP contribution in [0, 0.1) is 0 Å². The monoisotopic (exact) mass is 262 g/mol. The topological polar surface area (TPSA) is 53.0 Å². The molecule has 5 heteroatoms. The molecule has 1 aromatic carbocycles. The van der Waals surface area contributed by atoms with Gasteiger partial charge in [-0.05, 0) is 18.4 Å². The van der Waals surface area contributed by atoms with Gasteiger partial charge in [0.15, 0.2) is 0 Å². The SMILES string of the molecule is O=C(O)[C@@H]1CC[C@@H]2CN1CN2OCc1ccccc1. The van der Waals surface area contributed by atoms with Gasteiger partial charge in [-0.25, -0.2) is 0 Å². The number of hydrogen-bond acceptors (Lipinski definition) is 4. The molecule has 1 unspecified atom stereocenters. The largest absolute Gasteiger partial charge is 0.480 e. The Balaban J connectivity index is 1.58. The Labute approximate surface area is 112 Å². The number of rotatable bonds is 4. The molecule has 1 N–H and O–H groups in total. The highest BCUT2D eigenvalue weighted by Crippen LogP contribution is 2.28. The number of aliphatic carboxylic acids is 1. The summed E-state index contributed by atoms with van der Waals surface area (Å²) in [4.78, 5) is 18.9. The molecule has 2 aliphatic heterocycles. The van der Waals surface area contributed by atoms with Gasteiger partial charge < -0.3 is 5.11 Å². The van der Waals surface area contributed by atoms with E-state index in [2.05, 4.69) is 0 Å². The second-order valence-electron chi connectivity index (χ2n) is 5.17. The van der Waals surface area contributed by atoms with Crippen molar-refractivity contribution in [3.63, 3.8) is 0 Å². The first kappa shape index (κ1) is 12.6. The van der Waals surface area contributed by atoms with Crippen molar-refractivity contribution in [2.75, 3.05) is 13.2 Å². The summed E-state index contributed by atoms with van der Waals surface area (Å²) in [5.74, 6) is -0.719. The summed E-state index contributed by atoms with van der Waals surface area (Å²) in [7, 11) is 0. The Morgan fingerprint density at radius 1 is 1.32 bits per heavy atom. The lowest BCUT2D eigenvalue weighted by molar-refractivity contribution is -0.182. The van der Waals surface area contributed by atoms with Crippen LogP contribution in [0.2, 0.25) is 0 Å². The lowest BCUT2D eigenvalue weighted by atomic mass is 10.0. The Bertz CT molecular complexity index is 451. The van der Waals surface area contributed by atoms with Crippen molar-refractivity contribution in [2.24, 2.45) is 0 Å². The molecular formula is C14H18N2O3. The van der Waals surface area contributed by atoms with E-state index in [1.165, 1.54) is 0 Å². The molecular weight excluding hydrogens is 244 g/mol. The smallest absolute Gasteiger partial charge is 0.320 e. The third-order valence-corrected chi connectivity index (χ3v) is 3.91. The molecule has 3 rings (SSSR count).